The highest BCUT2D eigenvalue weighted by molar-refractivity contribution is 5.76. The van der Waals surface area contributed by atoms with Crippen LogP contribution in [0.4, 0.5) is 0 Å². The van der Waals surface area contributed by atoms with Crippen molar-refractivity contribution in [2.45, 2.75) is 6.42 Å². The summed E-state index contributed by atoms with van der Waals surface area (Å²) in [6, 6.07) is 0. The number of primary amides is 1. The second-order valence-electron chi connectivity index (χ2n) is 2.88. The van der Waals surface area contributed by atoms with Gasteiger partial charge in [0.2, 0.25) is 5.91 Å². The number of nitrogens with zero attached hydrogens (tertiary/aromatic N) is 1. The minimum Gasteiger partial charge on any atom is -0.391 e. The summed E-state index contributed by atoms with van der Waals surface area (Å²) in [5.41, 5.74) is 5.91. The second-order valence-corrected chi connectivity index (χ2v) is 2.88. The van der Waals surface area contributed by atoms with Crippen LogP contribution in [0.1, 0.15) is 6.42 Å². The molecule has 0 aliphatic heterocycles. The van der Waals surface area contributed by atoms with E-state index in [1.807, 2.05) is 25.1 Å². The van der Waals surface area contributed by atoms with Crippen LogP contribution in [0.2, 0.25) is 0 Å². The third-order valence-corrected chi connectivity index (χ3v) is 1.39. The first kappa shape index (κ1) is 11.0. The number of nitrogens with two attached hydrogens (primary N) is 1. The zero-order valence-corrected chi connectivity index (χ0v) is 7.92. The van der Waals surface area contributed by atoms with Crippen LogP contribution in [0.3, 0.4) is 0 Å². The van der Waals surface area contributed by atoms with Gasteiger partial charge in [0.1, 0.15) is 0 Å². The van der Waals surface area contributed by atoms with Crippen LogP contribution in [0.15, 0.2) is 11.8 Å². The molecule has 0 atom stereocenters. The monoisotopic (exact) mass is 171 g/mol. The molecule has 70 valence electrons. The molecule has 0 aromatic carbocycles. The summed E-state index contributed by atoms with van der Waals surface area (Å²) in [7, 11) is 5.71. The van der Waals surface area contributed by atoms with Crippen molar-refractivity contribution in [2.24, 2.45) is 5.73 Å². The van der Waals surface area contributed by atoms with Gasteiger partial charge in [-0.2, -0.15) is 0 Å². The van der Waals surface area contributed by atoms with Crippen molar-refractivity contribution >= 4 is 5.91 Å². The molecule has 0 aromatic heterocycles. The quantitative estimate of drug-likeness (QED) is 0.588. The Morgan fingerprint density at radius 3 is 2.50 bits per heavy atom. The van der Waals surface area contributed by atoms with Crippen LogP contribution < -0.4 is 11.1 Å². The van der Waals surface area contributed by atoms with Crippen molar-refractivity contribution < 1.29 is 4.79 Å². The zero-order chi connectivity index (χ0) is 9.56. The average Bonchev–Trinajstić information content (AvgIpc) is 1.97. The van der Waals surface area contributed by atoms with E-state index in [4.69, 9.17) is 5.73 Å². The first-order chi connectivity index (χ1) is 5.56. The summed E-state index contributed by atoms with van der Waals surface area (Å²) in [4.78, 5) is 12.6. The van der Waals surface area contributed by atoms with E-state index in [1.54, 1.807) is 7.05 Å². The summed E-state index contributed by atoms with van der Waals surface area (Å²) in [5.74, 6) is -0.311. The van der Waals surface area contributed by atoms with E-state index in [0.29, 0.717) is 0 Å². The molecule has 0 heterocycles. The molecule has 0 aliphatic carbocycles. The minimum absolute atomic E-state index is 0.282. The number of amides is 1. The first-order valence-corrected chi connectivity index (χ1v) is 3.86. The maximum Gasteiger partial charge on any atom is 0.223 e. The number of nitrogens with one attached hydrogen (secondary N) is 1. The molecule has 0 unspecified atom stereocenters. The highest BCUT2D eigenvalue weighted by atomic mass is 16.1. The summed E-state index contributed by atoms with van der Waals surface area (Å²) in [5, 5.41) is 2.92. The van der Waals surface area contributed by atoms with Gasteiger partial charge in [-0.25, -0.2) is 0 Å². The van der Waals surface area contributed by atoms with Gasteiger partial charge in [-0.05, 0) is 14.1 Å². The molecule has 0 radical (unpaired) electrons. The highest BCUT2D eigenvalue weighted by Gasteiger charge is 1.98. The van der Waals surface area contributed by atoms with E-state index < -0.39 is 0 Å². The first-order valence-electron chi connectivity index (χ1n) is 3.86. The molecule has 0 aromatic rings. The maximum atomic E-state index is 10.5. The van der Waals surface area contributed by atoms with E-state index in [1.165, 1.54) is 0 Å². The van der Waals surface area contributed by atoms with Crippen molar-refractivity contribution in [3.05, 3.63) is 11.8 Å². The standard InChI is InChI=1S/C8H17N3O/c1-10-7(6-8(9)12)4-5-11(2)3/h4,10H,5-6H2,1-3H3,(H2,9,12). The van der Waals surface area contributed by atoms with Crippen LogP contribution in [0.5, 0.6) is 0 Å². The molecule has 0 saturated heterocycles. The number of hydrogen-bond donors (Lipinski definition) is 2. The third-order valence-electron chi connectivity index (χ3n) is 1.39. The molecular weight excluding hydrogens is 154 g/mol. The van der Waals surface area contributed by atoms with Gasteiger partial charge < -0.3 is 16.0 Å². The van der Waals surface area contributed by atoms with Crippen LogP contribution in [-0.2, 0) is 4.79 Å². The Kier molecular flexibility index (Phi) is 5.12. The van der Waals surface area contributed by atoms with Crippen molar-refractivity contribution in [1.82, 2.24) is 10.2 Å². The maximum absolute atomic E-state index is 10.5. The summed E-state index contributed by atoms with van der Waals surface area (Å²) < 4.78 is 0. The topological polar surface area (TPSA) is 58.4 Å². The summed E-state index contributed by atoms with van der Waals surface area (Å²) >= 11 is 0. The second kappa shape index (κ2) is 5.60. The van der Waals surface area contributed by atoms with Gasteiger partial charge in [-0.3, -0.25) is 4.79 Å². The smallest absolute Gasteiger partial charge is 0.223 e. The number of carbonyl (C=O) groups is 1. The Bertz CT molecular complexity index is 175. The van der Waals surface area contributed by atoms with Gasteiger partial charge in [-0.1, -0.05) is 6.08 Å². The van der Waals surface area contributed by atoms with Crippen molar-refractivity contribution in [1.29, 1.82) is 0 Å². The molecule has 0 bridgehead atoms. The van der Waals surface area contributed by atoms with Crippen molar-refractivity contribution in [2.75, 3.05) is 27.7 Å². The van der Waals surface area contributed by atoms with Gasteiger partial charge in [0.25, 0.3) is 0 Å². The molecule has 12 heavy (non-hydrogen) atoms. The number of rotatable bonds is 5. The van der Waals surface area contributed by atoms with Gasteiger partial charge in [0.15, 0.2) is 0 Å². The molecule has 4 heteroatoms. The lowest BCUT2D eigenvalue weighted by Gasteiger charge is -2.08. The Morgan fingerprint density at radius 2 is 2.17 bits per heavy atom. The normalized spacial score (nSPS) is 11.8. The van der Waals surface area contributed by atoms with Crippen LogP contribution >= 0.6 is 0 Å². The Labute approximate surface area is 73.4 Å². The van der Waals surface area contributed by atoms with Crippen LogP contribution in [0.25, 0.3) is 0 Å². The number of carbonyl (C=O) groups excluding carboxylic acids is 1. The van der Waals surface area contributed by atoms with E-state index in [0.717, 1.165) is 12.2 Å². The fourth-order valence-corrected chi connectivity index (χ4v) is 0.743. The van der Waals surface area contributed by atoms with Crippen LogP contribution in [-0.4, -0.2) is 38.5 Å². The molecule has 0 saturated carbocycles. The lowest BCUT2D eigenvalue weighted by molar-refractivity contribution is -0.117. The fourth-order valence-electron chi connectivity index (χ4n) is 0.743. The van der Waals surface area contributed by atoms with E-state index in [-0.39, 0.29) is 12.3 Å². The van der Waals surface area contributed by atoms with Gasteiger partial charge in [0, 0.05) is 19.3 Å². The van der Waals surface area contributed by atoms with E-state index >= 15 is 0 Å². The SMILES string of the molecule is CNC(=CCN(C)C)CC(N)=O. The minimum atomic E-state index is -0.311. The molecule has 0 aliphatic rings. The lowest BCUT2D eigenvalue weighted by Crippen LogP contribution is -2.19. The Hall–Kier alpha value is -1.03. The van der Waals surface area contributed by atoms with Gasteiger partial charge >= 0.3 is 0 Å². The molecule has 1 amide bonds. The van der Waals surface area contributed by atoms with E-state index in [2.05, 4.69) is 5.32 Å². The molecule has 4 nitrogen and oxygen atoms in total. The van der Waals surface area contributed by atoms with Gasteiger partial charge in [0.05, 0.1) is 6.42 Å². The lowest BCUT2D eigenvalue weighted by atomic mass is 10.3. The van der Waals surface area contributed by atoms with E-state index in [9.17, 15) is 4.79 Å². The van der Waals surface area contributed by atoms with Crippen molar-refractivity contribution in [3.63, 3.8) is 0 Å². The summed E-state index contributed by atoms with van der Waals surface area (Å²) in [6.45, 7) is 0.809. The summed E-state index contributed by atoms with van der Waals surface area (Å²) in [6.07, 6.45) is 2.23. The third kappa shape index (κ3) is 5.73. The Morgan fingerprint density at radius 1 is 1.58 bits per heavy atom. The predicted octanol–water partition coefficient (Wildman–Crippen LogP) is -0.473. The highest BCUT2D eigenvalue weighted by Crippen LogP contribution is 1.94. The largest absolute Gasteiger partial charge is 0.391 e. The van der Waals surface area contributed by atoms with Crippen LogP contribution in [0, 0.1) is 0 Å². The van der Waals surface area contributed by atoms with Gasteiger partial charge in [-0.15, -0.1) is 0 Å². The molecule has 0 rings (SSSR count). The predicted molar refractivity (Wildman–Crippen MR) is 49.5 cm³/mol. The molecule has 0 spiro atoms. The molecular formula is C8H17N3O. The zero-order valence-electron chi connectivity index (χ0n) is 7.92. The Balaban J connectivity index is 3.95. The molecule has 3 N–H and O–H groups in total. The van der Waals surface area contributed by atoms with Crippen molar-refractivity contribution in [3.8, 4) is 0 Å². The average molecular weight is 171 g/mol. The molecule has 0 fully saturated rings. The number of likely N-dealkylation sites (N-methyl/N-ethyl adjacent to an activating group) is 1. The fraction of sp³-hybridized carbons (Fsp3) is 0.625. The number of hydrogen-bond acceptors (Lipinski definition) is 3.